The first-order valence-electron chi connectivity index (χ1n) is 7.74. The Morgan fingerprint density at radius 2 is 1.96 bits per heavy atom. The summed E-state index contributed by atoms with van der Waals surface area (Å²) in [5, 5.41) is 34.8. The molecule has 0 aliphatic carbocycles. The molecule has 26 heavy (non-hydrogen) atoms. The summed E-state index contributed by atoms with van der Waals surface area (Å²) in [7, 11) is 0. The Morgan fingerprint density at radius 3 is 2.58 bits per heavy atom. The van der Waals surface area contributed by atoms with E-state index in [0.29, 0.717) is 11.3 Å². The minimum absolute atomic E-state index is 0.0484. The van der Waals surface area contributed by atoms with E-state index in [2.05, 4.69) is 17.2 Å². The van der Waals surface area contributed by atoms with Crippen LogP contribution in [0.3, 0.4) is 0 Å². The highest BCUT2D eigenvalue weighted by Crippen LogP contribution is 2.30. The third kappa shape index (κ3) is 3.25. The van der Waals surface area contributed by atoms with E-state index in [1.807, 2.05) is 30.3 Å². The van der Waals surface area contributed by atoms with Crippen molar-refractivity contribution in [3.8, 4) is 17.9 Å². The molecule has 3 rings (SSSR count). The molecular weight excluding hydrogens is 350 g/mol. The van der Waals surface area contributed by atoms with Crippen LogP contribution < -0.4 is 10.7 Å². The van der Waals surface area contributed by atoms with Gasteiger partial charge < -0.3 is 10.8 Å². The highest BCUT2D eigenvalue weighted by atomic mass is 35.5. The zero-order valence-electron chi connectivity index (χ0n) is 13.5. The molecule has 1 aliphatic rings. The zero-order valence-corrected chi connectivity index (χ0v) is 14.3. The maximum absolute atomic E-state index is 9.58. The minimum atomic E-state index is -0.756. The Kier molecular flexibility index (Phi) is 4.90. The number of benzene rings is 2. The number of anilines is 1. The Bertz CT molecular complexity index is 972. The van der Waals surface area contributed by atoms with Crippen molar-refractivity contribution in [1.29, 1.82) is 10.5 Å². The minimum Gasteiger partial charge on any atom is -0.506 e. The summed E-state index contributed by atoms with van der Waals surface area (Å²) in [5.74, 6) is -0.804. The number of allylic oxidation sites excluding steroid dienone is 1. The molecule has 0 saturated carbocycles. The Morgan fingerprint density at radius 1 is 1.23 bits per heavy atom. The molecular formula is C19H14ClN5O. The van der Waals surface area contributed by atoms with Crippen LogP contribution in [0.2, 0.25) is 5.02 Å². The van der Waals surface area contributed by atoms with E-state index >= 15 is 0 Å². The summed E-state index contributed by atoms with van der Waals surface area (Å²) < 4.78 is 0. The molecule has 0 amide bonds. The van der Waals surface area contributed by atoms with Gasteiger partial charge in [-0.3, -0.25) is 0 Å². The van der Waals surface area contributed by atoms with E-state index in [1.54, 1.807) is 12.1 Å². The Hall–Kier alpha value is -3.32. The number of hydrazone groups is 1. The molecule has 0 unspecified atom stereocenters. The molecule has 1 heterocycles. The molecule has 0 radical (unpaired) electrons. The molecule has 0 saturated heterocycles. The van der Waals surface area contributed by atoms with Crippen molar-refractivity contribution in [2.75, 3.05) is 5.01 Å². The molecule has 7 heteroatoms. The average Bonchev–Trinajstić information content (AvgIpc) is 2.99. The van der Waals surface area contributed by atoms with Crippen LogP contribution in [0.25, 0.3) is 6.08 Å². The molecule has 0 fully saturated rings. The smallest absolute Gasteiger partial charge is 0.134 e. The molecule has 6 nitrogen and oxygen atoms in total. The van der Waals surface area contributed by atoms with Crippen LogP contribution in [0.15, 0.2) is 59.2 Å². The predicted octanol–water partition coefficient (Wildman–Crippen LogP) is 3.25. The normalized spacial score (nSPS) is 19.6. The van der Waals surface area contributed by atoms with E-state index in [9.17, 15) is 15.6 Å². The van der Waals surface area contributed by atoms with Gasteiger partial charge in [0.05, 0.1) is 28.1 Å². The number of phenols is 1. The molecule has 0 spiro atoms. The first-order chi connectivity index (χ1) is 12.5. The van der Waals surface area contributed by atoms with E-state index < -0.39 is 12.1 Å². The monoisotopic (exact) mass is 363 g/mol. The molecule has 0 bridgehead atoms. The van der Waals surface area contributed by atoms with Crippen molar-refractivity contribution >= 4 is 29.1 Å². The topological polar surface area (TPSA) is 109 Å². The number of para-hydroxylation sites is 1. The summed E-state index contributed by atoms with van der Waals surface area (Å²) in [6.07, 6.45) is 0.868. The van der Waals surface area contributed by atoms with Gasteiger partial charge in [0, 0.05) is 0 Å². The van der Waals surface area contributed by atoms with Gasteiger partial charge in [0.1, 0.15) is 23.9 Å². The third-order valence-corrected chi connectivity index (χ3v) is 4.28. The van der Waals surface area contributed by atoms with Crippen LogP contribution in [-0.2, 0) is 0 Å². The molecule has 1 aliphatic heterocycles. The van der Waals surface area contributed by atoms with Crippen LogP contribution in [0, 0.1) is 28.6 Å². The molecule has 3 N–H and O–H groups in total. The first-order valence-corrected chi connectivity index (χ1v) is 8.11. The molecule has 2 atom stereocenters. The van der Waals surface area contributed by atoms with E-state index in [0.717, 1.165) is 5.69 Å². The summed E-state index contributed by atoms with van der Waals surface area (Å²) in [6.45, 7) is 0. The Labute approximate surface area is 155 Å². The van der Waals surface area contributed by atoms with Gasteiger partial charge in [0.15, 0.2) is 0 Å². The second-order valence-corrected chi connectivity index (χ2v) is 6.05. The van der Waals surface area contributed by atoms with Gasteiger partial charge in [-0.05, 0) is 35.9 Å². The fourth-order valence-electron chi connectivity index (χ4n) is 2.66. The summed E-state index contributed by atoms with van der Waals surface area (Å²) in [5.41, 5.74) is 8.04. The van der Waals surface area contributed by atoms with Crippen molar-refractivity contribution in [3.05, 3.63) is 64.7 Å². The number of hydrogen-bond donors (Lipinski definition) is 2. The number of hydrogen-bond acceptors (Lipinski definition) is 6. The maximum atomic E-state index is 9.58. The third-order valence-electron chi connectivity index (χ3n) is 3.97. The van der Waals surface area contributed by atoms with Crippen molar-refractivity contribution in [3.63, 3.8) is 0 Å². The number of rotatable bonds is 3. The van der Waals surface area contributed by atoms with Crippen LogP contribution in [0.5, 0.6) is 5.75 Å². The molecule has 2 aromatic rings. The van der Waals surface area contributed by atoms with Crippen LogP contribution in [0.1, 0.15) is 5.56 Å². The standard InChI is InChI=1S/C19H14ClN5O/c20-16-9-12(6-7-17(16)26)8-13(10-21)18-15(11-22)19(23)25(24-18)14-4-2-1-3-5-14/h1-9,15,19,26H,23H2/b13-8-/t15-,19+/m0/s1. The number of nitriles is 2. The number of phenolic OH excluding ortho intramolecular Hbond substituents is 1. The lowest BCUT2D eigenvalue weighted by molar-refractivity contribution is 0.475. The first kappa shape index (κ1) is 17.5. The predicted molar refractivity (Wildman–Crippen MR) is 100 cm³/mol. The van der Waals surface area contributed by atoms with E-state index in [-0.39, 0.29) is 16.3 Å². The highest BCUT2D eigenvalue weighted by molar-refractivity contribution is 6.32. The van der Waals surface area contributed by atoms with Gasteiger partial charge in [0.25, 0.3) is 0 Å². The number of aromatic hydroxyl groups is 1. The average molecular weight is 364 g/mol. The Balaban J connectivity index is 2.03. The molecule has 2 aromatic carbocycles. The molecule has 0 aromatic heterocycles. The van der Waals surface area contributed by atoms with Gasteiger partial charge in [-0.25, -0.2) is 5.01 Å². The van der Waals surface area contributed by atoms with Gasteiger partial charge in [0.2, 0.25) is 0 Å². The zero-order chi connectivity index (χ0) is 18.7. The number of nitrogens with zero attached hydrogens (tertiary/aromatic N) is 4. The largest absolute Gasteiger partial charge is 0.506 e. The summed E-state index contributed by atoms with van der Waals surface area (Å²) >= 11 is 5.91. The lowest BCUT2D eigenvalue weighted by Crippen LogP contribution is -2.40. The maximum Gasteiger partial charge on any atom is 0.134 e. The van der Waals surface area contributed by atoms with Gasteiger partial charge in [-0.15, -0.1) is 0 Å². The quantitative estimate of drug-likeness (QED) is 0.813. The second kappa shape index (κ2) is 7.28. The van der Waals surface area contributed by atoms with Crippen LogP contribution >= 0.6 is 11.6 Å². The van der Waals surface area contributed by atoms with Gasteiger partial charge >= 0.3 is 0 Å². The van der Waals surface area contributed by atoms with E-state index in [1.165, 1.54) is 17.1 Å². The van der Waals surface area contributed by atoms with Crippen molar-refractivity contribution < 1.29 is 5.11 Å². The fraction of sp³-hybridized carbons (Fsp3) is 0.105. The SMILES string of the molecule is N#C/C(=C/c1ccc(O)c(Cl)c1)C1=NN(c2ccccc2)[C@@H](N)[C@H]1C#N. The lowest BCUT2D eigenvalue weighted by atomic mass is 9.95. The van der Waals surface area contributed by atoms with Crippen molar-refractivity contribution in [2.45, 2.75) is 6.17 Å². The van der Waals surface area contributed by atoms with Crippen molar-refractivity contribution in [1.82, 2.24) is 0 Å². The van der Waals surface area contributed by atoms with E-state index in [4.69, 9.17) is 17.3 Å². The summed E-state index contributed by atoms with van der Waals surface area (Å²) in [4.78, 5) is 0. The summed E-state index contributed by atoms with van der Waals surface area (Å²) in [6, 6.07) is 18.0. The molecule has 128 valence electrons. The van der Waals surface area contributed by atoms with Gasteiger partial charge in [-0.2, -0.15) is 15.6 Å². The van der Waals surface area contributed by atoms with Crippen LogP contribution in [-0.4, -0.2) is 17.0 Å². The second-order valence-electron chi connectivity index (χ2n) is 5.64. The van der Waals surface area contributed by atoms with Crippen molar-refractivity contribution in [2.24, 2.45) is 16.8 Å². The van der Waals surface area contributed by atoms with Crippen LogP contribution in [0.4, 0.5) is 5.69 Å². The fourth-order valence-corrected chi connectivity index (χ4v) is 2.85. The van der Waals surface area contributed by atoms with Gasteiger partial charge in [-0.1, -0.05) is 35.9 Å². The number of nitrogens with two attached hydrogens (primary N) is 1. The lowest BCUT2D eigenvalue weighted by Gasteiger charge is -2.21. The number of halogens is 1. The highest BCUT2D eigenvalue weighted by Gasteiger charge is 2.37.